The molecule has 1 aliphatic rings. The van der Waals surface area contributed by atoms with Gasteiger partial charge in [-0.1, -0.05) is 60.7 Å². The predicted octanol–water partition coefficient (Wildman–Crippen LogP) is 4.29. The van der Waals surface area contributed by atoms with Crippen molar-refractivity contribution in [2.24, 2.45) is 11.7 Å². The van der Waals surface area contributed by atoms with Gasteiger partial charge in [0.2, 0.25) is 0 Å². The molecule has 0 amide bonds. The van der Waals surface area contributed by atoms with Gasteiger partial charge in [0.05, 0.1) is 0 Å². The molecule has 1 atom stereocenters. The van der Waals surface area contributed by atoms with Crippen LogP contribution in [0, 0.1) is 5.92 Å². The molecule has 1 heterocycles. The van der Waals surface area contributed by atoms with Crippen molar-refractivity contribution in [1.29, 1.82) is 0 Å². The van der Waals surface area contributed by atoms with E-state index in [1.54, 1.807) is 0 Å². The van der Waals surface area contributed by atoms with Crippen molar-refractivity contribution in [2.45, 2.75) is 44.6 Å². The number of hydrogen-bond acceptors (Lipinski definition) is 2. The molecule has 2 N–H and O–H groups in total. The molecular formula is C23H32N2. The van der Waals surface area contributed by atoms with Crippen molar-refractivity contribution in [3.05, 3.63) is 71.8 Å². The van der Waals surface area contributed by atoms with Crippen LogP contribution < -0.4 is 5.73 Å². The Morgan fingerprint density at radius 3 is 2.08 bits per heavy atom. The Balaban J connectivity index is 1.54. The summed E-state index contributed by atoms with van der Waals surface area (Å²) >= 11 is 0. The lowest BCUT2D eigenvalue weighted by molar-refractivity contribution is 0.124. The second-order valence-electron chi connectivity index (χ2n) is 7.44. The lowest BCUT2D eigenvalue weighted by atomic mass is 9.88. The molecule has 3 rings (SSSR count). The molecule has 0 saturated carbocycles. The zero-order chi connectivity index (χ0) is 17.3. The first-order valence-corrected chi connectivity index (χ1v) is 9.87. The number of likely N-dealkylation sites (tertiary alicyclic amines) is 1. The molecule has 0 spiro atoms. The molecule has 134 valence electrons. The quantitative estimate of drug-likeness (QED) is 0.779. The zero-order valence-electron chi connectivity index (χ0n) is 15.3. The van der Waals surface area contributed by atoms with Gasteiger partial charge in [-0.2, -0.15) is 0 Å². The van der Waals surface area contributed by atoms with E-state index in [-0.39, 0.29) is 0 Å². The second kappa shape index (κ2) is 9.74. The molecule has 0 aliphatic carbocycles. The first-order chi connectivity index (χ1) is 12.3. The summed E-state index contributed by atoms with van der Waals surface area (Å²) in [6.45, 7) is 3.27. The average Bonchev–Trinajstić information content (AvgIpc) is 2.67. The maximum absolute atomic E-state index is 5.79. The van der Waals surface area contributed by atoms with E-state index in [0.717, 1.165) is 25.3 Å². The van der Waals surface area contributed by atoms with Crippen molar-refractivity contribution >= 4 is 0 Å². The number of hydrogen-bond donors (Lipinski definition) is 1. The SMILES string of the molecule is NCCCC(Cc1ccccc1)N1CCC(Cc2ccccc2)CC1. The van der Waals surface area contributed by atoms with Crippen LogP contribution in [-0.4, -0.2) is 30.6 Å². The van der Waals surface area contributed by atoms with Gasteiger partial charge in [-0.15, -0.1) is 0 Å². The third-order valence-corrected chi connectivity index (χ3v) is 5.59. The number of benzene rings is 2. The molecule has 0 aromatic heterocycles. The van der Waals surface area contributed by atoms with Crippen LogP contribution in [0.2, 0.25) is 0 Å². The minimum atomic E-state index is 0.642. The molecule has 2 nitrogen and oxygen atoms in total. The lowest BCUT2D eigenvalue weighted by Crippen LogP contribution is -2.43. The first kappa shape index (κ1) is 18.2. The molecule has 1 fully saturated rings. The maximum atomic E-state index is 5.79. The average molecular weight is 337 g/mol. The molecule has 1 unspecified atom stereocenters. The Bertz CT molecular complexity index is 588. The van der Waals surface area contributed by atoms with Crippen molar-refractivity contribution in [3.8, 4) is 0 Å². The van der Waals surface area contributed by atoms with Crippen molar-refractivity contribution in [1.82, 2.24) is 4.90 Å². The molecule has 0 bridgehead atoms. The fourth-order valence-corrected chi connectivity index (χ4v) is 4.12. The smallest absolute Gasteiger partial charge is 0.0136 e. The molecule has 2 aromatic carbocycles. The Labute approximate surface area is 153 Å². The molecular weight excluding hydrogens is 304 g/mol. The van der Waals surface area contributed by atoms with Crippen LogP contribution >= 0.6 is 0 Å². The van der Waals surface area contributed by atoms with Crippen LogP contribution in [0.1, 0.15) is 36.8 Å². The Morgan fingerprint density at radius 2 is 1.48 bits per heavy atom. The fraction of sp³-hybridized carbons (Fsp3) is 0.478. The van der Waals surface area contributed by atoms with Crippen LogP contribution in [0.3, 0.4) is 0 Å². The van der Waals surface area contributed by atoms with Gasteiger partial charge in [0.25, 0.3) is 0 Å². The highest BCUT2D eigenvalue weighted by Gasteiger charge is 2.25. The zero-order valence-corrected chi connectivity index (χ0v) is 15.3. The van der Waals surface area contributed by atoms with Gasteiger partial charge in [-0.3, -0.25) is 0 Å². The van der Waals surface area contributed by atoms with E-state index in [0.29, 0.717) is 6.04 Å². The van der Waals surface area contributed by atoms with Crippen LogP contribution in [0.5, 0.6) is 0 Å². The molecule has 0 radical (unpaired) electrons. The van der Waals surface area contributed by atoms with Gasteiger partial charge >= 0.3 is 0 Å². The lowest BCUT2D eigenvalue weighted by Gasteiger charge is -2.38. The summed E-state index contributed by atoms with van der Waals surface area (Å²) in [5.74, 6) is 0.838. The van der Waals surface area contributed by atoms with Gasteiger partial charge in [0, 0.05) is 6.04 Å². The molecule has 1 aliphatic heterocycles. The normalized spacial score (nSPS) is 17.5. The van der Waals surface area contributed by atoms with Crippen molar-refractivity contribution < 1.29 is 0 Å². The maximum Gasteiger partial charge on any atom is 0.0136 e. The molecule has 25 heavy (non-hydrogen) atoms. The highest BCUT2D eigenvalue weighted by molar-refractivity contribution is 5.17. The number of piperidine rings is 1. The molecule has 2 aromatic rings. The van der Waals surface area contributed by atoms with E-state index < -0.39 is 0 Å². The van der Waals surface area contributed by atoms with Crippen LogP contribution in [0.25, 0.3) is 0 Å². The van der Waals surface area contributed by atoms with Crippen molar-refractivity contribution in [3.63, 3.8) is 0 Å². The van der Waals surface area contributed by atoms with E-state index in [2.05, 4.69) is 65.6 Å². The monoisotopic (exact) mass is 336 g/mol. The van der Waals surface area contributed by atoms with Gasteiger partial charge in [0.15, 0.2) is 0 Å². The van der Waals surface area contributed by atoms with E-state index in [1.807, 2.05) is 0 Å². The first-order valence-electron chi connectivity index (χ1n) is 9.87. The minimum Gasteiger partial charge on any atom is -0.330 e. The summed E-state index contributed by atoms with van der Waals surface area (Å²) in [4.78, 5) is 2.73. The number of nitrogens with zero attached hydrogens (tertiary/aromatic N) is 1. The molecule has 1 saturated heterocycles. The van der Waals surface area contributed by atoms with Gasteiger partial charge in [0.1, 0.15) is 0 Å². The van der Waals surface area contributed by atoms with Crippen LogP contribution in [0.15, 0.2) is 60.7 Å². The number of nitrogens with two attached hydrogens (primary N) is 1. The topological polar surface area (TPSA) is 29.3 Å². The molecule has 2 heteroatoms. The van der Waals surface area contributed by atoms with Gasteiger partial charge in [-0.05, 0) is 75.2 Å². The highest BCUT2D eigenvalue weighted by atomic mass is 15.2. The standard InChI is InChI=1S/C23H32N2/c24-15-7-12-23(19-21-10-5-2-6-11-21)25-16-13-22(14-17-25)18-20-8-3-1-4-9-20/h1-6,8-11,22-23H,7,12-19,24H2. The van der Waals surface area contributed by atoms with E-state index in [4.69, 9.17) is 5.73 Å². The van der Waals surface area contributed by atoms with Crippen LogP contribution in [0.4, 0.5) is 0 Å². The Hall–Kier alpha value is -1.64. The third-order valence-electron chi connectivity index (χ3n) is 5.59. The highest BCUT2D eigenvalue weighted by Crippen LogP contribution is 2.25. The van der Waals surface area contributed by atoms with Crippen molar-refractivity contribution in [2.75, 3.05) is 19.6 Å². The Kier molecular flexibility index (Phi) is 7.08. The largest absolute Gasteiger partial charge is 0.330 e. The predicted molar refractivity (Wildman–Crippen MR) is 107 cm³/mol. The summed E-state index contributed by atoms with van der Waals surface area (Å²) < 4.78 is 0. The van der Waals surface area contributed by atoms with E-state index >= 15 is 0 Å². The Morgan fingerprint density at radius 1 is 0.880 bits per heavy atom. The van der Waals surface area contributed by atoms with Crippen LogP contribution in [-0.2, 0) is 12.8 Å². The third kappa shape index (κ3) is 5.69. The summed E-state index contributed by atoms with van der Waals surface area (Å²) in [6.07, 6.45) is 7.38. The summed E-state index contributed by atoms with van der Waals surface area (Å²) in [6, 6.07) is 22.5. The summed E-state index contributed by atoms with van der Waals surface area (Å²) in [7, 11) is 0. The van der Waals surface area contributed by atoms with E-state index in [9.17, 15) is 0 Å². The number of rotatable bonds is 8. The fourth-order valence-electron chi connectivity index (χ4n) is 4.12. The van der Waals surface area contributed by atoms with E-state index in [1.165, 1.54) is 49.9 Å². The second-order valence-corrected chi connectivity index (χ2v) is 7.44. The minimum absolute atomic E-state index is 0.642. The van der Waals surface area contributed by atoms with Gasteiger partial charge in [-0.25, -0.2) is 0 Å². The summed E-state index contributed by atoms with van der Waals surface area (Å²) in [5.41, 5.74) is 8.73. The summed E-state index contributed by atoms with van der Waals surface area (Å²) in [5, 5.41) is 0. The van der Waals surface area contributed by atoms with Gasteiger partial charge < -0.3 is 10.6 Å².